The first-order valence-corrected chi connectivity index (χ1v) is 8.40. The molecule has 0 unspecified atom stereocenters. The summed E-state index contributed by atoms with van der Waals surface area (Å²) in [5, 5.41) is 3.46. The molecule has 0 aliphatic rings. The van der Waals surface area contributed by atoms with E-state index in [1.165, 1.54) is 28.1 Å². The van der Waals surface area contributed by atoms with Crippen LogP contribution in [0.5, 0.6) is 0 Å². The maximum absolute atomic E-state index is 4.32. The van der Waals surface area contributed by atoms with Crippen LogP contribution in [0.15, 0.2) is 23.7 Å². The fourth-order valence-electron chi connectivity index (χ4n) is 2.30. The number of aryl methyl sites for hydroxylation is 2. The van der Waals surface area contributed by atoms with E-state index in [1.54, 1.807) is 11.3 Å². The first kappa shape index (κ1) is 16.0. The van der Waals surface area contributed by atoms with Crippen molar-refractivity contribution in [1.29, 1.82) is 0 Å². The summed E-state index contributed by atoms with van der Waals surface area (Å²) in [5.41, 5.74) is 7.06. The molecule has 0 saturated heterocycles. The summed E-state index contributed by atoms with van der Waals surface area (Å²) in [5.74, 6) is 0. The van der Waals surface area contributed by atoms with Crippen molar-refractivity contribution in [1.82, 2.24) is 10.3 Å². The molecule has 0 spiro atoms. The zero-order chi connectivity index (χ0) is 15.2. The lowest BCUT2D eigenvalue weighted by Crippen LogP contribution is -2.17. The third kappa shape index (κ3) is 4.29. The molecule has 0 amide bonds. The van der Waals surface area contributed by atoms with Gasteiger partial charge in [0.25, 0.3) is 0 Å². The van der Waals surface area contributed by atoms with Crippen molar-refractivity contribution < 1.29 is 0 Å². The molecular weight excluding hydrogens is 278 g/mol. The van der Waals surface area contributed by atoms with Crippen molar-refractivity contribution in [3.05, 3.63) is 45.4 Å². The highest BCUT2D eigenvalue weighted by Gasteiger charge is 2.08. The first-order valence-electron chi connectivity index (χ1n) is 7.52. The van der Waals surface area contributed by atoms with Crippen LogP contribution in [0, 0.1) is 13.8 Å². The fraction of sp³-hybridized carbons (Fsp3) is 0.471. The van der Waals surface area contributed by atoms with Crippen LogP contribution in [0.25, 0.3) is 0 Å². The minimum Gasteiger partial charge on any atom is -0.369 e. The Labute approximate surface area is 132 Å². The average Bonchev–Trinajstić information content (AvgIpc) is 2.86. The van der Waals surface area contributed by atoms with Crippen LogP contribution in [0.2, 0.25) is 0 Å². The molecule has 1 aromatic carbocycles. The quantitative estimate of drug-likeness (QED) is 0.786. The molecule has 0 saturated carbocycles. The van der Waals surface area contributed by atoms with Gasteiger partial charge in [0.1, 0.15) is 0 Å². The molecule has 0 bridgehead atoms. The Morgan fingerprint density at radius 2 is 2.10 bits per heavy atom. The topological polar surface area (TPSA) is 28.2 Å². The Balaban J connectivity index is 2.03. The number of nitrogens with zero attached hydrogens (tertiary/aromatic N) is 2. The van der Waals surface area contributed by atoms with Crippen LogP contribution >= 0.6 is 11.3 Å². The summed E-state index contributed by atoms with van der Waals surface area (Å²) in [6, 6.07) is 6.73. The SMILES string of the molecule is CCCNCc1ccc(N(C)Cc2scnc2C)cc1C. The Morgan fingerprint density at radius 3 is 2.71 bits per heavy atom. The normalized spacial score (nSPS) is 10.9. The van der Waals surface area contributed by atoms with Crippen LogP contribution in [-0.2, 0) is 13.1 Å². The molecule has 2 rings (SSSR count). The average molecular weight is 303 g/mol. The minimum atomic E-state index is 0.920. The number of benzene rings is 1. The lowest BCUT2D eigenvalue weighted by atomic mass is 10.1. The van der Waals surface area contributed by atoms with Gasteiger partial charge in [0.05, 0.1) is 17.7 Å². The maximum atomic E-state index is 4.32. The Kier molecular flexibility index (Phi) is 5.76. The second-order valence-corrected chi connectivity index (χ2v) is 6.44. The van der Waals surface area contributed by atoms with Gasteiger partial charge in [-0.1, -0.05) is 13.0 Å². The van der Waals surface area contributed by atoms with Crippen molar-refractivity contribution >= 4 is 17.0 Å². The molecule has 1 aromatic heterocycles. The van der Waals surface area contributed by atoms with E-state index in [2.05, 4.69) is 61.2 Å². The number of nitrogens with one attached hydrogen (secondary N) is 1. The summed E-state index contributed by atoms with van der Waals surface area (Å²) >= 11 is 1.73. The largest absolute Gasteiger partial charge is 0.369 e. The zero-order valence-electron chi connectivity index (χ0n) is 13.4. The van der Waals surface area contributed by atoms with Gasteiger partial charge in [-0.15, -0.1) is 11.3 Å². The molecule has 0 aliphatic carbocycles. The molecule has 0 atom stereocenters. The van der Waals surface area contributed by atoms with Gasteiger partial charge in [-0.3, -0.25) is 0 Å². The number of hydrogen-bond donors (Lipinski definition) is 1. The predicted molar refractivity (Wildman–Crippen MR) is 92.1 cm³/mol. The zero-order valence-corrected chi connectivity index (χ0v) is 14.3. The van der Waals surface area contributed by atoms with Gasteiger partial charge >= 0.3 is 0 Å². The molecular formula is C17H25N3S. The molecule has 0 aliphatic heterocycles. The van der Waals surface area contributed by atoms with Gasteiger partial charge in [0, 0.05) is 24.2 Å². The standard InChI is InChI=1S/C17H25N3S/c1-5-8-18-10-15-6-7-16(9-13(15)2)20(4)11-17-14(3)19-12-21-17/h6-7,9,12,18H,5,8,10-11H2,1-4H3. The summed E-state index contributed by atoms with van der Waals surface area (Å²) in [7, 11) is 2.14. The van der Waals surface area contributed by atoms with Crippen LogP contribution in [0.1, 0.15) is 35.0 Å². The van der Waals surface area contributed by atoms with Crippen molar-refractivity contribution in [2.45, 2.75) is 40.3 Å². The van der Waals surface area contributed by atoms with Crippen molar-refractivity contribution in [2.75, 3.05) is 18.5 Å². The molecule has 1 N–H and O–H groups in total. The smallest absolute Gasteiger partial charge is 0.0798 e. The van der Waals surface area contributed by atoms with Gasteiger partial charge in [-0.25, -0.2) is 4.98 Å². The second-order valence-electron chi connectivity index (χ2n) is 5.50. The maximum Gasteiger partial charge on any atom is 0.0798 e. The number of rotatable bonds is 7. The number of thiazole rings is 1. The minimum absolute atomic E-state index is 0.920. The number of aromatic nitrogens is 1. The molecule has 0 fully saturated rings. The summed E-state index contributed by atoms with van der Waals surface area (Å²) in [4.78, 5) is 7.95. The van der Waals surface area contributed by atoms with E-state index in [0.717, 1.165) is 25.3 Å². The molecule has 4 heteroatoms. The molecule has 3 nitrogen and oxygen atoms in total. The molecule has 2 aromatic rings. The van der Waals surface area contributed by atoms with E-state index >= 15 is 0 Å². The van der Waals surface area contributed by atoms with Gasteiger partial charge in [0.15, 0.2) is 0 Å². The Hall–Kier alpha value is -1.39. The third-order valence-electron chi connectivity index (χ3n) is 3.73. The van der Waals surface area contributed by atoms with E-state index < -0.39 is 0 Å². The van der Waals surface area contributed by atoms with Crippen molar-refractivity contribution in [3.8, 4) is 0 Å². The van der Waals surface area contributed by atoms with Crippen LogP contribution in [0.3, 0.4) is 0 Å². The lowest BCUT2D eigenvalue weighted by molar-refractivity contribution is 0.673. The first-order chi connectivity index (χ1) is 10.1. The highest BCUT2D eigenvalue weighted by Crippen LogP contribution is 2.22. The van der Waals surface area contributed by atoms with Crippen LogP contribution in [-0.4, -0.2) is 18.6 Å². The lowest BCUT2D eigenvalue weighted by Gasteiger charge is -2.20. The molecule has 0 radical (unpaired) electrons. The van der Waals surface area contributed by atoms with Gasteiger partial charge < -0.3 is 10.2 Å². The van der Waals surface area contributed by atoms with Crippen molar-refractivity contribution in [3.63, 3.8) is 0 Å². The van der Waals surface area contributed by atoms with E-state index in [1.807, 2.05) is 5.51 Å². The number of anilines is 1. The van der Waals surface area contributed by atoms with Gasteiger partial charge in [0.2, 0.25) is 0 Å². The molecule has 21 heavy (non-hydrogen) atoms. The number of hydrogen-bond acceptors (Lipinski definition) is 4. The van der Waals surface area contributed by atoms with E-state index in [0.29, 0.717) is 0 Å². The van der Waals surface area contributed by atoms with E-state index in [9.17, 15) is 0 Å². The Morgan fingerprint density at radius 1 is 1.29 bits per heavy atom. The van der Waals surface area contributed by atoms with Gasteiger partial charge in [-0.05, 0) is 50.1 Å². The molecule has 1 heterocycles. The van der Waals surface area contributed by atoms with Crippen LogP contribution in [0.4, 0.5) is 5.69 Å². The highest BCUT2D eigenvalue weighted by atomic mass is 32.1. The summed E-state index contributed by atoms with van der Waals surface area (Å²) < 4.78 is 0. The summed E-state index contributed by atoms with van der Waals surface area (Å²) in [6.45, 7) is 9.41. The Bertz CT molecular complexity index is 577. The predicted octanol–water partition coefficient (Wildman–Crippen LogP) is 3.90. The van der Waals surface area contributed by atoms with E-state index in [4.69, 9.17) is 0 Å². The van der Waals surface area contributed by atoms with E-state index in [-0.39, 0.29) is 0 Å². The second kappa shape index (κ2) is 7.57. The van der Waals surface area contributed by atoms with Crippen LogP contribution < -0.4 is 10.2 Å². The fourth-order valence-corrected chi connectivity index (χ4v) is 3.13. The van der Waals surface area contributed by atoms with Crippen molar-refractivity contribution in [2.24, 2.45) is 0 Å². The third-order valence-corrected chi connectivity index (χ3v) is 4.65. The summed E-state index contributed by atoms with van der Waals surface area (Å²) in [6.07, 6.45) is 1.17. The monoisotopic (exact) mass is 303 g/mol. The molecule has 114 valence electrons. The van der Waals surface area contributed by atoms with Gasteiger partial charge in [-0.2, -0.15) is 0 Å². The highest BCUT2D eigenvalue weighted by molar-refractivity contribution is 7.09.